The van der Waals surface area contributed by atoms with Crippen LogP contribution in [0.1, 0.15) is 79.6 Å². The van der Waals surface area contributed by atoms with Gasteiger partial charge in [-0.25, -0.2) is 9.59 Å². The molecule has 4 bridgehead atoms. The van der Waals surface area contributed by atoms with Gasteiger partial charge in [0.2, 0.25) is 0 Å². The van der Waals surface area contributed by atoms with Gasteiger partial charge in [-0.2, -0.15) is 0 Å². The van der Waals surface area contributed by atoms with Crippen molar-refractivity contribution in [2.45, 2.75) is 128 Å². The van der Waals surface area contributed by atoms with E-state index in [0.717, 1.165) is 5.57 Å². The number of rotatable bonds is 11. The Balaban J connectivity index is 1.71. The van der Waals surface area contributed by atoms with Crippen molar-refractivity contribution in [2.24, 2.45) is 17.3 Å². The largest absolute Gasteiger partial charge is 0.459 e. The quantitative estimate of drug-likeness (QED) is 0.162. The van der Waals surface area contributed by atoms with Gasteiger partial charge in [0.05, 0.1) is 48.6 Å². The third-order valence-electron chi connectivity index (χ3n) is 9.86. The first-order valence-electron chi connectivity index (χ1n) is 18.2. The van der Waals surface area contributed by atoms with E-state index in [1.807, 2.05) is 65.0 Å². The highest BCUT2D eigenvalue weighted by atomic mass is 16.6. The Kier molecular flexibility index (Phi) is 17.2. The van der Waals surface area contributed by atoms with Gasteiger partial charge < -0.3 is 39.4 Å². The molecule has 3 rings (SSSR count). The molecule has 0 spiro atoms. The van der Waals surface area contributed by atoms with Gasteiger partial charge in [-0.05, 0) is 44.1 Å². The predicted octanol–water partition coefficient (Wildman–Crippen LogP) is 5.38. The minimum absolute atomic E-state index is 0.00418. The number of esters is 2. The lowest BCUT2D eigenvalue weighted by atomic mass is 9.73. The molecule has 2 fully saturated rings. The molecule has 5 unspecified atom stereocenters. The molecule has 0 radical (unpaired) electrons. The Bertz CT molecular complexity index is 1330. The summed E-state index contributed by atoms with van der Waals surface area (Å²) < 4.78 is 23.8. The standard InChI is InChI=1S/C41H60O10/c1-27(2)21-34(44)29(4)25-48-40(47)33(43)18-13-14-19-37-41(6,26-42)38-24-32(50-37)17-10-7-9-15-28(3)22-36-30(5)35(45)23-31(49-36)16-11-8-12-20-39(46)51-38/h8-15,17,20,22,27,30-38,42-45H,4,7,16,18-19,21,23-26H2,1-3,5-6H3/b11-8+,14-13-,15-9+,17-10+,20-12+,28-22-/t30?,31-,32?,33?,34?,35-,36+,37?,38+,41-/m0/s1. The third kappa shape index (κ3) is 13.4. The fourth-order valence-corrected chi connectivity index (χ4v) is 6.40. The Morgan fingerprint density at radius 3 is 2.59 bits per heavy atom. The van der Waals surface area contributed by atoms with E-state index in [9.17, 15) is 30.0 Å². The molecule has 2 saturated heterocycles. The molecule has 3 aliphatic heterocycles. The van der Waals surface area contributed by atoms with Crippen molar-refractivity contribution in [3.05, 3.63) is 84.6 Å². The molecule has 0 aromatic carbocycles. The summed E-state index contributed by atoms with van der Waals surface area (Å²) in [5, 5.41) is 41.7. The summed E-state index contributed by atoms with van der Waals surface area (Å²) in [6.07, 6.45) is 18.4. The molecule has 0 amide bonds. The third-order valence-corrected chi connectivity index (χ3v) is 9.86. The van der Waals surface area contributed by atoms with Crippen LogP contribution in [0, 0.1) is 17.3 Å². The summed E-state index contributed by atoms with van der Waals surface area (Å²) in [5.74, 6) is -1.13. The molecule has 4 N–H and O–H groups in total. The molecule has 51 heavy (non-hydrogen) atoms. The van der Waals surface area contributed by atoms with E-state index in [1.165, 1.54) is 6.08 Å². The van der Waals surface area contributed by atoms with Crippen LogP contribution in [-0.4, -0.2) is 94.4 Å². The minimum Gasteiger partial charge on any atom is -0.459 e. The summed E-state index contributed by atoms with van der Waals surface area (Å²) >= 11 is 0. The number of fused-ring (bicyclic) bond motifs is 4. The van der Waals surface area contributed by atoms with Gasteiger partial charge in [0.1, 0.15) is 12.7 Å². The number of hydrogen-bond donors (Lipinski definition) is 4. The first-order chi connectivity index (χ1) is 24.2. The van der Waals surface area contributed by atoms with Crippen molar-refractivity contribution in [1.29, 1.82) is 0 Å². The number of aliphatic hydroxyl groups excluding tert-OH is 4. The fraction of sp³-hybridized carbons (Fsp3) is 0.610. The van der Waals surface area contributed by atoms with Gasteiger partial charge in [-0.15, -0.1) is 0 Å². The average molecular weight is 713 g/mol. The van der Waals surface area contributed by atoms with Gasteiger partial charge in [0.15, 0.2) is 6.10 Å². The zero-order chi connectivity index (χ0) is 37.6. The summed E-state index contributed by atoms with van der Waals surface area (Å²) in [7, 11) is 0. The summed E-state index contributed by atoms with van der Waals surface area (Å²) in [5.41, 5.74) is 0.477. The van der Waals surface area contributed by atoms with E-state index >= 15 is 0 Å². The van der Waals surface area contributed by atoms with Crippen LogP contribution in [0.15, 0.2) is 84.6 Å². The van der Waals surface area contributed by atoms with Crippen LogP contribution in [0.4, 0.5) is 0 Å². The zero-order valence-corrected chi connectivity index (χ0v) is 30.9. The first-order valence-corrected chi connectivity index (χ1v) is 18.2. The Morgan fingerprint density at radius 1 is 1.10 bits per heavy atom. The molecule has 10 heteroatoms. The van der Waals surface area contributed by atoms with Crippen molar-refractivity contribution in [2.75, 3.05) is 13.2 Å². The maximum Gasteiger partial charge on any atom is 0.335 e. The van der Waals surface area contributed by atoms with Crippen LogP contribution < -0.4 is 0 Å². The van der Waals surface area contributed by atoms with E-state index in [-0.39, 0.29) is 43.7 Å². The molecule has 0 saturated carbocycles. The second-order valence-electron chi connectivity index (χ2n) is 14.7. The van der Waals surface area contributed by atoms with Gasteiger partial charge in [0, 0.05) is 31.3 Å². The van der Waals surface area contributed by atoms with Crippen molar-refractivity contribution >= 4 is 11.9 Å². The van der Waals surface area contributed by atoms with Crippen LogP contribution >= 0.6 is 0 Å². The van der Waals surface area contributed by atoms with Crippen LogP contribution in [0.5, 0.6) is 0 Å². The van der Waals surface area contributed by atoms with E-state index in [0.29, 0.717) is 44.1 Å². The van der Waals surface area contributed by atoms with Gasteiger partial charge in [-0.3, -0.25) is 0 Å². The minimum atomic E-state index is -1.40. The maximum absolute atomic E-state index is 13.0. The molecular formula is C41H60O10. The fourth-order valence-electron chi connectivity index (χ4n) is 6.40. The first kappa shape index (κ1) is 42.3. The predicted molar refractivity (Wildman–Crippen MR) is 196 cm³/mol. The van der Waals surface area contributed by atoms with Crippen LogP contribution in [0.2, 0.25) is 0 Å². The highest BCUT2D eigenvalue weighted by molar-refractivity contribution is 5.82. The Hall–Kier alpha value is -3.12. The summed E-state index contributed by atoms with van der Waals surface area (Å²) in [6.45, 7) is 13.1. The molecule has 3 aliphatic rings. The van der Waals surface area contributed by atoms with E-state index in [1.54, 1.807) is 24.3 Å². The zero-order valence-electron chi connectivity index (χ0n) is 30.9. The molecule has 10 nitrogen and oxygen atoms in total. The molecule has 3 heterocycles. The number of carbonyl (C=O) groups excluding carboxylic acids is 2. The highest BCUT2D eigenvalue weighted by Gasteiger charge is 2.49. The molecule has 284 valence electrons. The van der Waals surface area contributed by atoms with Crippen molar-refractivity contribution in [3.63, 3.8) is 0 Å². The monoisotopic (exact) mass is 712 g/mol. The highest BCUT2D eigenvalue weighted by Crippen LogP contribution is 2.41. The molecule has 0 aromatic rings. The van der Waals surface area contributed by atoms with Crippen LogP contribution in [0.25, 0.3) is 0 Å². The van der Waals surface area contributed by atoms with E-state index in [4.69, 9.17) is 18.9 Å². The second-order valence-corrected chi connectivity index (χ2v) is 14.7. The van der Waals surface area contributed by atoms with Gasteiger partial charge in [-0.1, -0.05) is 101 Å². The summed E-state index contributed by atoms with van der Waals surface area (Å²) in [4.78, 5) is 25.3. The number of allylic oxidation sites excluding steroid dienone is 6. The lowest BCUT2D eigenvalue weighted by Gasteiger charge is -2.47. The summed E-state index contributed by atoms with van der Waals surface area (Å²) in [6, 6.07) is 0. The second kappa shape index (κ2) is 20.8. The SMILES string of the molecule is C=C(COC(=O)C(O)C/C=C\CC1OC2/C=C/C/C=C/C(C)=C\[C@H]3O[C@@H](C/C=C/C=C/C(=O)O[C@H](C2)[C@@]1(C)CO)C[C@H](O)C3C)C(O)CC(C)C. The average Bonchev–Trinajstić information content (AvgIpc) is 3.07. The van der Waals surface area contributed by atoms with Crippen molar-refractivity contribution < 1.29 is 49.0 Å². The molecule has 10 atom stereocenters. The molecule has 0 aromatic heterocycles. The normalized spacial score (nSPS) is 35.5. The number of ether oxygens (including phenoxy) is 4. The molecule has 0 aliphatic carbocycles. The topological polar surface area (TPSA) is 152 Å². The Morgan fingerprint density at radius 2 is 1.86 bits per heavy atom. The van der Waals surface area contributed by atoms with Gasteiger partial charge in [0.25, 0.3) is 0 Å². The van der Waals surface area contributed by atoms with E-state index in [2.05, 4.69) is 12.7 Å². The van der Waals surface area contributed by atoms with Crippen molar-refractivity contribution in [3.8, 4) is 0 Å². The smallest absolute Gasteiger partial charge is 0.335 e. The van der Waals surface area contributed by atoms with E-state index < -0.39 is 54.0 Å². The Labute approximate surface area is 303 Å². The van der Waals surface area contributed by atoms with Gasteiger partial charge >= 0.3 is 11.9 Å². The lowest BCUT2D eigenvalue weighted by molar-refractivity contribution is -0.198. The maximum atomic E-state index is 13.0. The number of carbonyl (C=O) groups is 2. The number of hydrogen-bond acceptors (Lipinski definition) is 10. The lowest BCUT2D eigenvalue weighted by Crippen LogP contribution is -2.55. The molecular weight excluding hydrogens is 652 g/mol. The van der Waals surface area contributed by atoms with Crippen molar-refractivity contribution in [1.82, 2.24) is 0 Å². The van der Waals surface area contributed by atoms with Crippen LogP contribution in [0.3, 0.4) is 0 Å². The van der Waals surface area contributed by atoms with Crippen LogP contribution in [-0.2, 0) is 28.5 Å². The number of aliphatic hydroxyl groups is 4.